The molecule has 2 aliphatic heterocycles. The number of hydrogen-bond acceptors (Lipinski definition) is 2. The zero-order valence-electron chi connectivity index (χ0n) is 10.5. The normalized spacial score (nSPS) is 29.9. The number of hydrogen-bond donors (Lipinski definition) is 1. The predicted molar refractivity (Wildman–Crippen MR) is 70.9 cm³/mol. The molecular formula is C15H22N2. The molecule has 3 rings (SSSR count). The van der Waals surface area contributed by atoms with Gasteiger partial charge in [0.05, 0.1) is 0 Å². The van der Waals surface area contributed by atoms with Crippen molar-refractivity contribution in [3.8, 4) is 0 Å². The minimum absolute atomic E-state index is 0.466. The van der Waals surface area contributed by atoms with Crippen LogP contribution in [0.25, 0.3) is 0 Å². The summed E-state index contributed by atoms with van der Waals surface area (Å²) in [5.41, 5.74) is 1.92. The van der Waals surface area contributed by atoms with E-state index in [0.29, 0.717) is 5.54 Å². The van der Waals surface area contributed by atoms with Gasteiger partial charge in [0, 0.05) is 18.6 Å². The Balaban J connectivity index is 1.73. The molecule has 0 amide bonds. The molecule has 2 fully saturated rings. The van der Waals surface area contributed by atoms with E-state index in [0.717, 1.165) is 6.54 Å². The molecule has 1 aromatic rings. The van der Waals surface area contributed by atoms with Gasteiger partial charge in [0.15, 0.2) is 0 Å². The molecule has 2 heterocycles. The van der Waals surface area contributed by atoms with Gasteiger partial charge in [-0.05, 0) is 44.3 Å². The van der Waals surface area contributed by atoms with Crippen LogP contribution in [0, 0.1) is 0 Å². The summed E-state index contributed by atoms with van der Waals surface area (Å²) in [6.45, 7) is 4.81. The molecule has 0 aliphatic carbocycles. The van der Waals surface area contributed by atoms with Gasteiger partial charge in [0.2, 0.25) is 0 Å². The molecule has 0 radical (unpaired) electrons. The summed E-state index contributed by atoms with van der Waals surface area (Å²) in [7, 11) is 0. The Morgan fingerprint density at radius 1 is 1.12 bits per heavy atom. The van der Waals surface area contributed by atoms with Crippen molar-refractivity contribution in [2.75, 3.05) is 19.6 Å². The maximum atomic E-state index is 3.59. The Bertz CT molecular complexity index is 354. The monoisotopic (exact) mass is 230 g/mol. The van der Waals surface area contributed by atoms with E-state index in [1.807, 2.05) is 0 Å². The topological polar surface area (TPSA) is 15.3 Å². The molecule has 2 nitrogen and oxygen atoms in total. The number of piperidine rings is 1. The Kier molecular flexibility index (Phi) is 3.17. The van der Waals surface area contributed by atoms with E-state index >= 15 is 0 Å². The zero-order chi connectivity index (χ0) is 11.6. The molecule has 1 unspecified atom stereocenters. The first-order valence-corrected chi connectivity index (χ1v) is 6.89. The first kappa shape index (κ1) is 11.2. The summed E-state index contributed by atoms with van der Waals surface area (Å²) in [5.74, 6) is 0. The third-order valence-electron chi connectivity index (χ3n) is 4.41. The van der Waals surface area contributed by atoms with E-state index in [2.05, 4.69) is 40.5 Å². The van der Waals surface area contributed by atoms with Crippen molar-refractivity contribution in [1.82, 2.24) is 10.2 Å². The lowest BCUT2D eigenvalue weighted by molar-refractivity contribution is 0.0982. The average Bonchev–Trinajstić information content (AvgIpc) is 2.74. The van der Waals surface area contributed by atoms with Crippen molar-refractivity contribution in [2.24, 2.45) is 0 Å². The molecular weight excluding hydrogens is 208 g/mol. The fourth-order valence-electron chi connectivity index (χ4n) is 3.48. The smallest absolute Gasteiger partial charge is 0.0338 e. The molecule has 2 aliphatic rings. The summed E-state index contributed by atoms with van der Waals surface area (Å²) in [6.07, 6.45) is 5.47. The molecule has 0 saturated carbocycles. The van der Waals surface area contributed by atoms with Crippen LogP contribution in [-0.4, -0.2) is 30.1 Å². The molecule has 1 aromatic carbocycles. The minimum atomic E-state index is 0.466. The zero-order valence-corrected chi connectivity index (χ0v) is 10.5. The van der Waals surface area contributed by atoms with Gasteiger partial charge in [-0.3, -0.25) is 4.90 Å². The first-order chi connectivity index (χ1) is 8.39. The van der Waals surface area contributed by atoms with Crippen LogP contribution in [0.2, 0.25) is 0 Å². The van der Waals surface area contributed by atoms with E-state index in [4.69, 9.17) is 0 Å². The van der Waals surface area contributed by atoms with Crippen molar-refractivity contribution in [3.05, 3.63) is 35.9 Å². The van der Waals surface area contributed by atoms with Gasteiger partial charge in [0.1, 0.15) is 0 Å². The second-order valence-corrected chi connectivity index (χ2v) is 5.52. The Labute approximate surface area is 104 Å². The largest absolute Gasteiger partial charge is 0.315 e. The summed E-state index contributed by atoms with van der Waals surface area (Å²) in [6, 6.07) is 10.9. The second kappa shape index (κ2) is 4.79. The van der Waals surface area contributed by atoms with Crippen molar-refractivity contribution in [3.63, 3.8) is 0 Å². The Hall–Kier alpha value is -0.860. The minimum Gasteiger partial charge on any atom is -0.315 e. The molecule has 1 atom stereocenters. The quantitative estimate of drug-likeness (QED) is 0.839. The molecule has 2 saturated heterocycles. The molecule has 0 bridgehead atoms. The van der Waals surface area contributed by atoms with Gasteiger partial charge in [0.25, 0.3) is 0 Å². The highest BCUT2D eigenvalue weighted by Crippen LogP contribution is 2.35. The van der Waals surface area contributed by atoms with Crippen LogP contribution in [0.4, 0.5) is 0 Å². The second-order valence-electron chi connectivity index (χ2n) is 5.52. The van der Waals surface area contributed by atoms with E-state index < -0.39 is 0 Å². The number of rotatable bonds is 2. The highest BCUT2D eigenvalue weighted by atomic mass is 15.2. The van der Waals surface area contributed by atoms with Gasteiger partial charge in [-0.15, -0.1) is 0 Å². The van der Waals surface area contributed by atoms with Gasteiger partial charge in [-0.2, -0.15) is 0 Å². The predicted octanol–water partition coefficient (Wildman–Crippen LogP) is 2.40. The lowest BCUT2D eigenvalue weighted by atomic mass is 9.87. The SMILES string of the molecule is c1ccc(CN2CCCC23CCCNC3)cc1. The van der Waals surface area contributed by atoms with Crippen molar-refractivity contribution >= 4 is 0 Å². The third-order valence-corrected chi connectivity index (χ3v) is 4.41. The summed E-state index contributed by atoms with van der Waals surface area (Å²) in [4.78, 5) is 2.72. The summed E-state index contributed by atoms with van der Waals surface area (Å²) >= 11 is 0. The van der Waals surface area contributed by atoms with E-state index in [1.165, 1.54) is 50.9 Å². The highest BCUT2D eigenvalue weighted by molar-refractivity contribution is 5.16. The van der Waals surface area contributed by atoms with Gasteiger partial charge < -0.3 is 5.32 Å². The molecule has 1 spiro atoms. The molecule has 2 heteroatoms. The van der Waals surface area contributed by atoms with Crippen LogP contribution < -0.4 is 5.32 Å². The third kappa shape index (κ3) is 2.24. The van der Waals surface area contributed by atoms with Crippen LogP contribution in [0.5, 0.6) is 0 Å². The fraction of sp³-hybridized carbons (Fsp3) is 0.600. The van der Waals surface area contributed by atoms with E-state index in [1.54, 1.807) is 0 Å². The Morgan fingerprint density at radius 3 is 2.71 bits per heavy atom. The molecule has 1 N–H and O–H groups in total. The van der Waals surface area contributed by atoms with Gasteiger partial charge >= 0.3 is 0 Å². The fourth-order valence-corrected chi connectivity index (χ4v) is 3.48. The van der Waals surface area contributed by atoms with Crippen molar-refractivity contribution < 1.29 is 0 Å². The molecule has 92 valence electrons. The standard InChI is InChI=1S/C15H22N2/c1-2-6-14(7-3-1)12-17-11-5-9-15(17)8-4-10-16-13-15/h1-3,6-7,16H,4-5,8-13H2. The van der Waals surface area contributed by atoms with E-state index in [9.17, 15) is 0 Å². The molecule has 17 heavy (non-hydrogen) atoms. The number of likely N-dealkylation sites (tertiary alicyclic amines) is 1. The maximum absolute atomic E-state index is 3.59. The summed E-state index contributed by atoms with van der Waals surface area (Å²) < 4.78 is 0. The van der Waals surface area contributed by atoms with Crippen LogP contribution in [0.3, 0.4) is 0 Å². The van der Waals surface area contributed by atoms with Crippen molar-refractivity contribution in [1.29, 1.82) is 0 Å². The van der Waals surface area contributed by atoms with Crippen LogP contribution in [-0.2, 0) is 6.54 Å². The summed E-state index contributed by atoms with van der Waals surface area (Å²) in [5, 5.41) is 3.59. The lowest BCUT2D eigenvalue weighted by Gasteiger charge is -2.42. The first-order valence-electron chi connectivity index (χ1n) is 6.89. The highest BCUT2D eigenvalue weighted by Gasteiger charge is 2.41. The number of nitrogens with one attached hydrogen (secondary N) is 1. The van der Waals surface area contributed by atoms with E-state index in [-0.39, 0.29) is 0 Å². The van der Waals surface area contributed by atoms with Crippen LogP contribution in [0.15, 0.2) is 30.3 Å². The molecule has 0 aromatic heterocycles. The number of nitrogens with zero attached hydrogens (tertiary/aromatic N) is 1. The van der Waals surface area contributed by atoms with Crippen LogP contribution in [0.1, 0.15) is 31.2 Å². The van der Waals surface area contributed by atoms with Crippen LogP contribution >= 0.6 is 0 Å². The maximum Gasteiger partial charge on any atom is 0.0338 e. The number of benzene rings is 1. The average molecular weight is 230 g/mol. The van der Waals surface area contributed by atoms with Gasteiger partial charge in [-0.25, -0.2) is 0 Å². The van der Waals surface area contributed by atoms with Crippen molar-refractivity contribution in [2.45, 2.75) is 37.8 Å². The Morgan fingerprint density at radius 2 is 1.94 bits per heavy atom. The van der Waals surface area contributed by atoms with Gasteiger partial charge in [-0.1, -0.05) is 30.3 Å². The lowest BCUT2D eigenvalue weighted by Crippen LogP contribution is -2.53.